The van der Waals surface area contributed by atoms with Crippen molar-refractivity contribution in [3.8, 4) is 0 Å². The first-order chi connectivity index (χ1) is 15.1. The van der Waals surface area contributed by atoms with Crippen LogP contribution in [0.25, 0.3) is 0 Å². The van der Waals surface area contributed by atoms with Crippen LogP contribution in [0.3, 0.4) is 0 Å². The average Bonchev–Trinajstić information content (AvgIpc) is 2.78. The lowest BCUT2D eigenvalue weighted by molar-refractivity contribution is 0.0955. The van der Waals surface area contributed by atoms with Crippen molar-refractivity contribution < 1.29 is 13.2 Å². The topological polar surface area (TPSA) is 78.8 Å². The van der Waals surface area contributed by atoms with Crippen LogP contribution in [0.4, 0.5) is 5.69 Å². The molecule has 1 N–H and O–H groups in total. The SMILES string of the molecule is C/C(=N\NC(=O)c1ccc(CN(c2ccc(C)c(C)c2)S(C)(=O)=O)cc1)c1ccccc1. The van der Waals surface area contributed by atoms with Crippen molar-refractivity contribution in [2.45, 2.75) is 27.3 Å². The van der Waals surface area contributed by atoms with Crippen molar-refractivity contribution in [1.82, 2.24) is 5.43 Å². The quantitative estimate of drug-likeness (QED) is 0.428. The van der Waals surface area contributed by atoms with Crippen molar-refractivity contribution in [1.29, 1.82) is 0 Å². The molecule has 3 aromatic rings. The number of anilines is 1. The van der Waals surface area contributed by atoms with Gasteiger partial charge in [-0.3, -0.25) is 9.10 Å². The number of hydrazone groups is 1. The summed E-state index contributed by atoms with van der Waals surface area (Å²) in [5.41, 5.74) is 8.14. The zero-order valence-corrected chi connectivity index (χ0v) is 19.5. The summed E-state index contributed by atoms with van der Waals surface area (Å²) in [4.78, 5) is 12.4. The number of rotatable bonds is 7. The molecule has 0 unspecified atom stereocenters. The summed E-state index contributed by atoms with van der Waals surface area (Å²) in [6.07, 6.45) is 1.19. The highest BCUT2D eigenvalue weighted by Gasteiger charge is 2.18. The molecule has 7 heteroatoms. The molecular formula is C25H27N3O3S. The summed E-state index contributed by atoms with van der Waals surface area (Å²) in [6, 6.07) is 22.0. The molecule has 0 fully saturated rings. The Balaban J connectivity index is 1.73. The van der Waals surface area contributed by atoms with Gasteiger partial charge in [0.25, 0.3) is 5.91 Å². The second kappa shape index (κ2) is 9.78. The second-order valence-electron chi connectivity index (χ2n) is 7.74. The van der Waals surface area contributed by atoms with E-state index in [1.807, 2.05) is 63.2 Å². The lowest BCUT2D eigenvalue weighted by Crippen LogP contribution is -2.29. The Morgan fingerprint density at radius 3 is 2.16 bits per heavy atom. The maximum atomic E-state index is 12.4. The number of nitrogens with one attached hydrogen (secondary N) is 1. The Labute approximate surface area is 189 Å². The maximum Gasteiger partial charge on any atom is 0.271 e. The van der Waals surface area contributed by atoms with E-state index in [0.717, 1.165) is 22.3 Å². The van der Waals surface area contributed by atoms with Crippen molar-refractivity contribution in [3.05, 3.63) is 101 Å². The Kier molecular flexibility index (Phi) is 7.10. The van der Waals surface area contributed by atoms with Crippen LogP contribution in [0.2, 0.25) is 0 Å². The number of nitrogens with zero attached hydrogens (tertiary/aromatic N) is 2. The van der Waals surface area contributed by atoms with E-state index < -0.39 is 10.0 Å². The van der Waals surface area contributed by atoms with Gasteiger partial charge in [0.1, 0.15) is 0 Å². The molecule has 1 amide bonds. The summed E-state index contributed by atoms with van der Waals surface area (Å²) < 4.78 is 26.2. The van der Waals surface area contributed by atoms with E-state index in [9.17, 15) is 13.2 Å². The smallest absolute Gasteiger partial charge is 0.267 e. The van der Waals surface area contributed by atoms with Crippen molar-refractivity contribution >= 4 is 27.3 Å². The molecule has 3 aromatic carbocycles. The van der Waals surface area contributed by atoms with Gasteiger partial charge >= 0.3 is 0 Å². The van der Waals surface area contributed by atoms with Crippen molar-refractivity contribution in [3.63, 3.8) is 0 Å². The number of aryl methyl sites for hydroxylation is 2. The summed E-state index contributed by atoms with van der Waals surface area (Å²) in [5, 5.41) is 4.16. The van der Waals surface area contributed by atoms with Gasteiger partial charge in [0, 0.05) is 5.56 Å². The largest absolute Gasteiger partial charge is 0.271 e. The van der Waals surface area contributed by atoms with E-state index in [0.29, 0.717) is 17.0 Å². The first-order valence-corrected chi connectivity index (χ1v) is 12.0. The van der Waals surface area contributed by atoms with Gasteiger partial charge in [0.2, 0.25) is 10.0 Å². The second-order valence-corrected chi connectivity index (χ2v) is 9.65. The first kappa shape index (κ1) is 23.2. The lowest BCUT2D eigenvalue weighted by Gasteiger charge is -2.23. The van der Waals surface area contributed by atoms with Crippen LogP contribution in [-0.4, -0.2) is 26.3 Å². The molecule has 0 aliphatic heterocycles. The molecular weight excluding hydrogens is 422 g/mol. The first-order valence-electron chi connectivity index (χ1n) is 10.2. The molecule has 0 bridgehead atoms. The third kappa shape index (κ3) is 5.82. The monoisotopic (exact) mass is 449 g/mol. The fourth-order valence-electron chi connectivity index (χ4n) is 3.15. The van der Waals surface area contributed by atoms with Crippen LogP contribution in [0.15, 0.2) is 77.9 Å². The normalized spacial score (nSPS) is 11.8. The number of carbonyl (C=O) groups excluding carboxylic acids is 1. The minimum absolute atomic E-state index is 0.175. The van der Waals surface area contributed by atoms with Crippen LogP contribution in [-0.2, 0) is 16.6 Å². The van der Waals surface area contributed by atoms with E-state index in [2.05, 4.69) is 10.5 Å². The average molecular weight is 450 g/mol. The summed E-state index contributed by atoms with van der Waals surface area (Å²) in [7, 11) is -3.48. The molecule has 0 aliphatic carbocycles. The predicted octanol–water partition coefficient (Wildman–Crippen LogP) is 4.42. The fraction of sp³-hybridized carbons (Fsp3) is 0.200. The Bertz CT molecular complexity index is 1240. The van der Waals surface area contributed by atoms with Gasteiger partial charge in [0.15, 0.2) is 0 Å². The predicted molar refractivity (Wildman–Crippen MR) is 130 cm³/mol. The number of amides is 1. The Hall–Kier alpha value is -3.45. The highest BCUT2D eigenvalue weighted by atomic mass is 32.2. The van der Waals surface area contributed by atoms with E-state index in [1.54, 1.807) is 30.3 Å². The number of hydrogen-bond acceptors (Lipinski definition) is 4. The Morgan fingerprint density at radius 1 is 0.906 bits per heavy atom. The molecule has 0 saturated heterocycles. The summed E-state index contributed by atoms with van der Waals surface area (Å²) >= 11 is 0. The van der Waals surface area contributed by atoms with Crippen LogP contribution in [0.1, 0.15) is 39.5 Å². The number of carbonyl (C=O) groups is 1. The molecule has 6 nitrogen and oxygen atoms in total. The standard InChI is InChI=1S/C25H27N3O3S/c1-18-10-15-24(16-19(18)2)28(32(4,30)31)17-21-11-13-23(14-12-21)25(29)27-26-20(3)22-8-6-5-7-9-22/h5-16H,17H2,1-4H3,(H,27,29)/b26-20+. The molecule has 0 saturated carbocycles. The zero-order valence-electron chi connectivity index (χ0n) is 18.7. The van der Waals surface area contributed by atoms with E-state index in [1.165, 1.54) is 10.6 Å². The minimum Gasteiger partial charge on any atom is -0.267 e. The van der Waals surface area contributed by atoms with E-state index in [4.69, 9.17) is 0 Å². The van der Waals surface area contributed by atoms with Gasteiger partial charge in [-0.05, 0) is 67.3 Å². The number of hydrogen-bond donors (Lipinski definition) is 1. The molecule has 0 spiro atoms. The van der Waals surface area contributed by atoms with Gasteiger partial charge in [-0.15, -0.1) is 0 Å². The van der Waals surface area contributed by atoms with Gasteiger partial charge < -0.3 is 0 Å². The zero-order chi connectivity index (χ0) is 23.3. The van der Waals surface area contributed by atoms with Crippen molar-refractivity contribution in [2.75, 3.05) is 10.6 Å². The molecule has 32 heavy (non-hydrogen) atoms. The molecule has 0 aromatic heterocycles. The highest BCUT2D eigenvalue weighted by molar-refractivity contribution is 7.92. The van der Waals surface area contributed by atoms with Gasteiger partial charge in [-0.1, -0.05) is 48.5 Å². The molecule has 166 valence electrons. The number of benzene rings is 3. The maximum absolute atomic E-state index is 12.4. The minimum atomic E-state index is -3.48. The number of sulfonamides is 1. The van der Waals surface area contributed by atoms with E-state index in [-0.39, 0.29) is 12.5 Å². The van der Waals surface area contributed by atoms with Gasteiger partial charge in [-0.25, -0.2) is 13.8 Å². The van der Waals surface area contributed by atoms with Crippen LogP contribution in [0.5, 0.6) is 0 Å². The molecule has 0 radical (unpaired) electrons. The molecule has 0 aliphatic rings. The van der Waals surface area contributed by atoms with Crippen LogP contribution in [0, 0.1) is 13.8 Å². The fourth-order valence-corrected chi connectivity index (χ4v) is 4.03. The molecule has 3 rings (SSSR count). The van der Waals surface area contributed by atoms with Gasteiger partial charge in [-0.2, -0.15) is 5.10 Å². The third-order valence-electron chi connectivity index (χ3n) is 5.24. The van der Waals surface area contributed by atoms with Crippen LogP contribution >= 0.6 is 0 Å². The third-order valence-corrected chi connectivity index (χ3v) is 6.38. The van der Waals surface area contributed by atoms with Crippen molar-refractivity contribution in [2.24, 2.45) is 5.10 Å². The molecule has 0 heterocycles. The molecule has 0 atom stereocenters. The van der Waals surface area contributed by atoms with E-state index >= 15 is 0 Å². The summed E-state index contributed by atoms with van der Waals surface area (Å²) in [6.45, 7) is 5.94. The highest BCUT2D eigenvalue weighted by Crippen LogP contribution is 2.23. The lowest BCUT2D eigenvalue weighted by atomic mass is 10.1. The summed E-state index contributed by atoms with van der Waals surface area (Å²) in [5.74, 6) is -0.332. The Morgan fingerprint density at radius 2 is 1.56 bits per heavy atom. The van der Waals surface area contributed by atoms with Crippen LogP contribution < -0.4 is 9.73 Å². The van der Waals surface area contributed by atoms with Gasteiger partial charge in [0.05, 0.1) is 24.2 Å².